The molecule has 142 valence electrons. The van der Waals surface area contributed by atoms with Crippen LogP contribution in [0.1, 0.15) is 35.4 Å². The number of hydrogen-bond acceptors (Lipinski definition) is 5. The first-order valence-corrected chi connectivity index (χ1v) is 9.54. The fourth-order valence-electron chi connectivity index (χ4n) is 4.51. The Morgan fingerprint density at radius 2 is 2.22 bits per heavy atom. The lowest BCUT2D eigenvalue weighted by atomic mass is 9.93. The molecular formula is C20H24N4O3. The number of ether oxygens (including phenoxy) is 2. The molecule has 3 aliphatic rings. The third-order valence-corrected chi connectivity index (χ3v) is 6.24. The number of hydrogen-bond donors (Lipinski definition) is 1. The van der Waals surface area contributed by atoms with Gasteiger partial charge < -0.3 is 24.3 Å². The molecule has 0 unspecified atom stereocenters. The molecule has 2 aliphatic heterocycles. The van der Waals surface area contributed by atoms with Crippen LogP contribution >= 0.6 is 0 Å². The number of benzene rings is 1. The highest BCUT2D eigenvalue weighted by Crippen LogP contribution is 2.56. The molecule has 1 aromatic carbocycles. The van der Waals surface area contributed by atoms with E-state index in [2.05, 4.69) is 10.3 Å². The van der Waals surface area contributed by atoms with Gasteiger partial charge in [-0.15, -0.1) is 0 Å². The molecule has 1 atom stereocenters. The minimum absolute atomic E-state index is 0.000702. The van der Waals surface area contributed by atoms with E-state index in [9.17, 15) is 4.79 Å². The summed E-state index contributed by atoms with van der Waals surface area (Å²) in [6.45, 7) is 2.72. The number of nitrogens with zero attached hydrogens (tertiary/aromatic N) is 3. The summed E-state index contributed by atoms with van der Waals surface area (Å²) in [5.41, 5.74) is 0.830. The standard InChI is InChI=1S/C20H24N4O3/c1-23-10-9-22-17(23)12-24(16-11-20(16)5-7-21-8-6-20)19(25)14-3-2-4-15-18(14)27-13-26-15/h2-4,9-10,16,21H,5-8,11-13H2,1H3/t16-/m1/s1. The van der Waals surface area contributed by atoms with Gasteiger partial charge in [0.25, 0.3) is 5.91 Å². The molecule has 0 radical (unpaired) electrons. The zero-order chi connectivity index (χ0) is 18.4. The number of fused-ring (bicyclic) bond motifs is 1. The van der Waals surface area contributed by atoms with E-state index in [1.54, 1.807) is 6.20 Å². The molecule has 1 aromatic heterocycles. The highest BCUT2D eigenvalue weighted by molar-refractivity contribution is 5.98. The Morgan fingerprint density at radius 1 is 1.37 bits per heavy atom. The molecule has 3 heterocycles. The van der Waals surface area contributed by atoms with Crippen molar-refractivity contribution >= 4 is 5.91 Å². The Balaban J connectivity index is 1.48. The van der Waals surface area contributed by atoms with Gasteiger partial charge in [-0.05, 0) is 49.9 Å². The number of para-hydroxylation sites is 1. The highest BCUT2D eigenvalue weighted by atomic mass is 16.7. The number of nitrogens with one attached hydrogen (secondary N) is 1. The number of carbonyl (C=O) groups excluding carboxylic acids is 1. The van der Waals surface area contributed by atoms with Crippen LogP contribution in [-0.2, 0) is 13.6 Å². The predicted molar refractivity (Wildman–Crippen MR) is 98.6 cm³/mol. The zero-order valence-electron chi connectivity index (χ0n) is 15.5. The van der Waals surface area contributed by atoms with E-state index in [1.165, 1.54) is 0 Å². The van der Waals surface area contributed by atoms with Crippen molar-refractivity contribution in [3.8, 4) is 11.5 Å². The molecule has 2 aromatic rings. The van der Waals surface area contributed by atoms with Crippen LogP contribution in [0.5, 0.6) is 11.5 Å². The maximum absolute atomic E-state index is 13.6. The summed E-state index contributed by atoms with van der Waals surface area (Å²) < 4.78 is 13.0. The third-order valence-electron chi connectivity index (χ3n) is 6.24. The van der Waals surface area contributed by atoms with Crippen LogP contribution in [0.15, 0.2) is 30.6 Å². The highest BCUT2D eigenvalue weighted by Gasteiger charge is 2.58. The minimum Gasteiger partial charge on any atom is -0.454 e. The number of aryl methyl sites for hydroxylation is 1. The second-order valence-electron chi connectivity index (χ2n) is 7.76. The molecule has 2 fully saturated rings. The predicted octanol–water partition coefficient (Wildman–Crippen LogP) is 1.93. The summed E-state index contributed by atoms with van der Waals surface area (Å²) in [4.78, 5) is 20.0. The van der Waals surface area contributed by atoms with E-state index >= 15 is 0 Å². The van der Waals surface area contributed by atoms with Crippen LogP contribution in [0.3, 0.4) is 0 Å². The minimum atomic E-state index is 0.000702. The number of amides is 1. The van der Waals surface area contributed by atoms with Crippen LogP contribution in [0.4, 0.5) is 0 Å². The Labute approximate surface area is 158 Å². The van der Waals surface area contributed by atoms with E-state index in [0.29, 0.717) is 23.6 Å². The maximum Gasteiger partial charge on any atom is 0.258 e. The second kappa shape index (κ2) is 6.27. The molecular weight excluding hydrogens is 344 g/mol. The summed E-state index contributed by atoms with van der Waals surface area (Å²) in [6.07, 6.45) is 7.00. The lowest BCUT2D eigenvalue weighted by Crippen LogP contribution is -2.39. The smallest absolute Gasteiger partial charge is 0.258 e. The fourth-order valence-corrected chi connectivity index (χ4v) is 4.51. The van der Waals surface area contributed by atoms with Crippen LogP contribution in [0, 0.1) is 5.41 Å². The quantitative estimate of drug-likeness (QED) is 0.893. The van der Waals surface area contributed by atoms with E-state index in [4.69, 9.17) is 9.47 Å². The van der Waals surface area contributed by atoms with Gasteiger partial charge in [0.05, 0.1) is 12.1 Å². The largest absolute Gasteiger partial charge is 0.454 e. The fraction of sp³-hybridized carbons (Fsp3) is 0.500. The molecule has 1 N–H and O–H groups in total. The van der Waals surface area contributed by atoms with Gasteiger partial charge in [-0.3, -0.25) is 4.79 Å². The average Bonchev–Trinajstić information content (AvgIpc) is 3.03. The van der Waals surface area contributed by atoms with E-state index in [1.807, 2.05) is 40.9 Å². The SMILES string of the molecule is Cn1ccnc1CN(C(=O)c1cccc2c1OCO2)[C@@H]1CC12CCNCC2. The normalized spacial score (nSPS) is 22.0. The first-order valence-electron chi connectivity index (χ1n) is 9.54. The van der Waals surface area contributed by atoms with E-state index in [-0.39, 0.29) is 24.2 Å². The van der Waals surface area contributed by atoms with E-state index in [0.717, 1.165) is 38.2 Å². The molecule has 1 spiro atoms. The van der Waals surface area contributed by atoms with Gasteiger partial charge in [0.2, 0.25) is 6.79 Å². The summed E-state index contributed by atoms with van der Waals surface area (Å²) >= 11 is 0. The molecule has 1 saturated heterocycles. The summed E-state index contributed by atoms with van der Waals surface area (Å²) in [5.74, 6) is 2.10. The lowest BCUT2D eigenvalue weighted by Gasteiger charge is -2.29. The maximum atomic E-state index is 13.6. The van der Waals surface area contributed by atoms with Gasteiger partial charge in [0, 0.05) is 25.5 Å². The van der Waals surface area contributed by atoms with Crippen LogP contribution < -0.4 is 14.8 Å². The topological polar surface area (TPSA) is 68.6 Å². The number of piperidine rings is 1. The van der Waals surface area contributed by atoms with Gasteiger partial charge in [0.1, 0.15) is 5.82 Å². The summed E-state index contributed by atoms with van der Waals surface area (Å²) in [5, 5.41) is 3.43. The van der Waals surface area contributed by atoms with Crippen LogP contribution in [0.25, 0.3) is 0 Å². The molecule has 1 saturated carbocycles. The van der Waals surface area contributed by atoms with Crippen molar-refractivity contribution in [2.75, 3.05) is 19.9 Å². The second-order valence-corrected chi connectivity index (χ2v) is 7.76. The molecule has 0 bridgehead atoms. The van der Waals surface area contributed by atoms with Crippen LogP contribution in [-0.4, -0.2) is 46.3 Å². The number of aromatic nitrogens is 2. The van der Waals surface area contributed by atoms with E-state index < -0.39 is 0 Å². The van der Waals surface area contributed by atoms with Crippen molar-refractivity contribution in [2.24, 2.45) is 12.5 Å². The van der Waals surface area contributed by atoms with Crippen LogP contribution in [0.2, 0.25) is 0 Å². The Hall–Kier alpha value is -2.54. The molecule has 7 heteroatoms. The van der Waals surface area contributed by atoms with Crippen molar-refractivity contribution in [2.45, 2.75) is 31.8 Å². The van der Waals surface area contributed by atoms with Gasteiger partial charge >= 0.3 is 0 Å². The van der Waals surface area contributed by atoms with Gasteiger partial charge in [-0.25, -0.2) is 4.98 Å². The Kier molecular flexibility index (Phi) is 3.86. The monoisotopic (exact) mass is 368 g/mol. The average molecular weight is 368 g/mol. The molecule has 1 aliphatic carbocycles. The van der Waals surface area contributed by atoms with Crippen molar-refractivity contribution in [1.29, 1.82) is 0 Å². The lowest BCUT2D eigenvalue weighted by molar-refractivity contribution is 0.0681. The van der Waals surface area contributed by atoms with Crippen molar-refractivity contribution in [1.82, 2.24) is 19.8 Å². The van der Waals surface area contributed by atoms with Gasteiger partial charge in [-0.1, -0.05) is 6.07 Å². The third kappa shape index (κ3) is 2.77. The van der Waals surface area contributed by atoms with Gasteiger partial charge in [-0.2, -0.15) is 0 Å². The van der Waals surface area contributed by atoms with Crippen molar-refractivity contribution in [3.63, 3.8) is 0 Å². The summed E-state index contributed by atoms with van der Waals surface area (Å²) in [6, 6.07) is 5.78. The first-order chi connectivity index (χ1) is 13.2. The molecule has 5 rings (SSSR count). The summed E-state index contributed by atoms with van der Waals surface area (Å²) in [7, 11) is 1.97. The zero-order valence-corrected chi connectivity index (χ0v) is 15.5. The molecule has 27 heavy (non-hydrogen) atoms. The molecule has 7 nitrogen and oxygen atoms in total. The number of carbonyl (C=O) groups is 1. The van der Waals surface area contributed by atoms with Crippen molar-refractivity contribution < 1.29 is 14.3 Å². The van der Waals surface area contributed by atoms with Crippen molar-refractivity contribution in [3.05, 3.63) is 42.0 Å². The Morgan fingerprint density at radius 3 is 3.00 bits per heavy atom. The first kappa shape index (κ1) is 16.6. The number of imidazole rings is 1. The van der Waals surface area contributed by atoms with Gasteiger partial charge in [0.15, 0.2) is 11.5 Å². The number of rotatable bonds is 4. The Bertz CT molecular complexity index is 872. The molecule has 1 amide bonds.